The third kappa shape index (κ3) is 3.16. The van der Waals surface area contributed by atoms with Gasteiger partial charge in [0.25, 0.3) is 11.5 Å². The predicted octanol–water partition coefficient (Wildman–Crippen LogP) is 0.835. The zero-order chi connectivity index (χ0) is 15.4. The van der Waals surface area contributed by atoms with Gasteiger partial charge in [-0.1, -0.05) is 0 Å². The van der Waals surface area contributed by atoms with E-state index in [-0.39, 0.29) is 17.9 Å². The molecule has 8 nitrogen and oxygen atoms in total. The quantitative estimate of drug-likeness (QED) is 0.721. The van der Waals surface area contributed by atoms with Crippen molar-refractivity contribution >= 4 is 17.6 Å². The number of aromatic amines is 2. The Labute approximate surface area is 119 Å². The zero-order valence-electron chi connectivity index (χ0n) is 11.5. The first kappa shape index (κ1) is 14.5. The molecule has 8 heteroatoms. The van der Waals surface area contributed by atoms with Gasteiger partial charge in [0.05, 0.1) is 18.5 Å². The van der Waals surface area contributed by atoms with Crippen molar-refractivity contribution in [2.45, 2.75) is 13.8 Å². The molecule has 110 valence electrons. The molecule has 0 bridgehead atoms. The SMILES string of the molecule is CCOC(=O)c1c(NC(=O)c2c[nH]c(=O)cn2)c[nH]c1C. The second-order valence-corrected chi connectivity index (χ2v) is 4.17. The van der Waals surface area contributed by atoms with Gasteiger partial charge in [-0.15, -0.1) is 0 Å². The molecule has 0 radical (unpaired) electrons. The summed E-state index contributed by atoms with van der Waals surface area (Å²) in [6.07, 6.45) is 3.69. The number of amides is 1. The Hall–Kier alpha value is -2.90. The van der Waals surface area contributed by atoms with Crippen molar-refractivity contribution in [3.8, 4) is 0 Å². The minimum Gasteiger partial charge on any atom is -0.462 e. The number of nitrogens with one attached hydrogen (secondary N) is 3. The van der Waals surface area contributed by atoms with Crippen molar-refractivity contribution in [2.24, 2.45) is 0 Å². The maximum absolute atomic E-state index is 12.0. The van der Waals surface area contributed by atoms with Crippen LogP contribution < -0.4 is 10.9 Å². The molecular formula is C13H14N4O4. The van der Waals surface area contributed by atoms with Gasteiger partial charge in [0.1, 0.15) is 11.3 Å². The summed E-state index contributed by atoms with van der Waals surface area (Å²) in [4.78, 5) is 43.7. The number of aryl methyl sites for hydroxylation is 1. The summed E-state index contributed by atoms with van der Waals surface area (Å²) in [5.41, 5.74) is 0.760. The molecule has 0 aromatic carbocycles. The Bertz CT molecular complexity index is 712. The molecule has 2 aromatic heterocycles. The summed E-state index contributed by atoms with van der Waals surface area (Å²) in [7, 11) is 0. The average Bonchev–Trinajstić information content (AvgIpc) is 2.80. The van der Waals surface area contributed by atoms with Crippen molar-refractivity contribution in [3.63, 3.8) is 0 Å². The number of rotatable bonds is 4. The van der Waals surface area contributed by atoms with Gasteiger partial charge in [0.2, 0.25) is 0 Å². The molecule has 3 N–H and O–H groups in total. The fourth-order valence-corrected chi connectivity index (χ4v) is 1.74. The fourth-order valence-electron chi connectivity index (χ4n) is 1.74. The van der Waals surface area contributed by atoms with E-state index in [4.69, 9.17) is 4.74 Å². The highest BCUT2D eigenvalue weighted by Gasteiger charge is 2.20. The molecule has 0 aliphatic heterocycles. The number of carbonyl (C=O) groups is 2. The van der Waals surface area contributed by atoms with Gasteiger partial charge >= 0.3 is 5.97 Å². The molecule has 0 atom stereocenters. The van der Waals surface area contributed by atoms with E-state index in [1.165, 1.54) is 12.4 Å². The first-order chi connectivity index (χ1) is 10.0. The van der Waals surface area contributed by atoms with Crippen LogP contribution in [0.3, 0.4) is 0 Å². The third-order valence-electron chi connectivity index (χ3n) is 2.71. The normalized spacial score (nSPS) is 10.2. The summed E-state index contributed by atoms with van der Waals surface area (Å²) in [5, 5.41) is 2.55. The lowest BCUT2D eigenvalue weighted by Crippen LogP contribution is -2.18. The molecule has 0 fully saturated rings. The van der Waals surface area contributed by atoms with Crippen LogP contribution in [-0.2, 0) is 4.74 Å². The smallest absolute Gasteiger partial charge is 0.342 e. The van der Waals surface area contributed by atoms with Gasteiger partial charge in [-0.2, -0.15) is 0 Å². The lowest BCUT2D eigenvalue weighted by atomic mass is 10.2. The summed E-state index contributed by atoms with van der Waals surface area (Å²) < 4.78 is 4.94. The van der Waals surface area contributed by atoms with Crippen LogP contribution >= 0.6 is 0 Å². The van der Waals surface area contributed by atoms with Gasteiger partial charge in [-0.3, -0.25) is 9.59 Å². The lowest BCUT2D eigenvalue weighted by molar-refractivity contribution is 0.0527. The largest absolute Gasteiger partial charge is 0.462 e. The molecule has 0 saturated heterocycles. The molecule has 2 heterocycles. The first-order valence-corrected chi connectivity index (χ1v) is 6.24. The van der Waals surface area contributed by atoms with E-state index in [2.05, 4.69) is 20.3 Å². The Morgan fingerprint density at radius 1 is 1.33 bits per heavy atom. The maximum Gasteiger partial charge on any atom is 0.342 e. The Kier molecular flexibility index (Phi) is 4.17. The molecular weight excluding hydrogens is 276 g/mol. The number of hydrogen-bond acceptors (Lipinski definition) is 5. The van der Waals surface area contributed by atoms with Crippen molar-refractivity contribution in [2.75, 3.05) is 11.9 Å². The van der Waals surface area contributed by atoms with Crippen LogP contribution in [0.25, 0.3) is 0 Å². The van der Waals surface area contributed by atoms with Crippen molar-refractivity contribution < 1.29 is 14.3 Å². The number of carbonyl (C=O) groups excluding carboxylic acids is 2. The predicted molar refractivity (Wildman–Crippen MR) is 74.3 cm³/mol. The average molecular weight is 290 g/mol. The van der Waals surface area contributed by atoms with E-state index in [1.54, 1.807) is 13.8 Å². The molecule has 0 aliphatic carbocycles. The van der Waals surface area contributed by atoms with E-state index in [0.717, 1.165) is 6.20 Å². The van der Waals surface area contributed by atoms with E-state index in [0.29, 0.717) is 11.4 Å². The topological polar surface area (TPSA) is 117 Å². The Morgan fingerprint density at radius 2 is 2.10 bits per heavy atom. The first-order valence-electron chi connectivity index (χ1n) is 6.24. The molecule has 1 amide bonds. The highest BCUT2D eigenvalue weighted by molar-refractivity contribution is 6.07. The van der Waals surface area contributed by atoms with Crippen LogP contribution in [0.4, 0.5) is 5.69 Å². The highest BCUT2D eigenvalue weighted by atomic mass is 16.5. The highest BCUT2D eigenvalue weighted by Crippen LogP contribution is 2.20. The summed E-state index contributed by atoms with van der Waals surface area (Å²) in [5.74, 6) is -1.07. The van der Waals surface area contributed by atoms with Crippen molar-refractivity contribution in [3.05, 3.63) is 45.9 Å². The number of esters is 1. The van der Waals surface area contributed by atoms with Gasteiger partial charge in [0, 0.05) is 18.1 Å². The van der Waals surface area contributed by atoms with E-state index in [1.807, 2.05) is 0 Å². The summed E-state index contributed by atoms with van der Waals surface area (Å²) in [6.45, 7) is 3.63. The van der Waals surface area contributed by atoms with Gasteiger partial charge in [-0.25, -0.2) is 9.78 Å². The minimum absolute atomic E-state index is 0.0308. The summed E-state index contributed by atoms with van der Waals surface area (Å²) >= 11 is 0. The number of aromatic nitrogens is 3. The second kappa shape index (κ2) is 6.04. The van der Waals surface area contributed by atoms with E-state index < -0.39 is 17.4 Å². The minimum atomic E-state index is -0.546. The lowest BCUT2D eigenvalue weighted by Gasteiger charge is -2.06. The molecule has 2 aromatic rings. The second-order valence-electron chi connectivity index (χ2n) is 4.17. The van der Waals surface area contributed by atoms with Gasteiger partial charge < -0.3 is 20.0 Å². The van der Waals surface area contributed by atoms with Crippen LogP contribution in [-0.4, -0.2) is 33.4 Å². The number of H-pyrrole nitrogens is 2. The zero-order valence-corrected chi connectivity index (χ0v) is 11.5. The third-order valence-corrected chi connectivity index (χ3v) is 2.71. The number of hydrogen-bond donors (Lipinski definition) is 3. The standard InChI is InChI=1S/C13H14N4O4/c1-3-21-13(20)11-7(2)14-4-8(11)17-12(19)9-5-16-10(18)6-15-9/h4-6,14H,3H2,1-2H3,(H,16,18)(H,17,19). The molecule has 0 unspecified atom stereocenters. The fraction of sp³-hybridized carbons (Fsp3) is 0.231. The summed E-state index contributed by atoms with van der Waals surface area (Å²) in [6, 6.07) is 0. The van der Waals surface area contributed by atoms with Crippen molar-refractivity contribution in [1.29, 1.82) is 0 Å². The van der Waals surface area contributed by atoms with Gasteiger partial charge in [-0.05, 0) is 13.8 Å². The van der Waals surface area contributed by atoms with E-state index in [9.17, 15) is 14.4 Å². The van der Waals surface area contributed by atoms with Crippen LogP contribution in [0.1, 0.15) is 33.5 Å². The maximum atomic E-state index is 12.0. The van der Waals surface area contributed by atoms with E-state index >= 15 is 0 Å². The molecule has 0 aliphatic rings. The van der Waals surface area contributed by atoms with Gasteiger partial charge in [0.15, 0.2) is 0 Å². The van der Waals surface area contributed by atoms with Crippen LogP contribution in [0.15, 0.2) is 23.4 Å². The molecule has 0 saturated carbocycles. The number of ether oxygens (including phenoxy) is 1. The van der Waals surface area contributed by atoms with Crippen LogP contribution in [0.2, 0.25) is 0 Å². The van der Waals surface area contributed by atoms with Crippen LogP contribution in [0, 0.1) is 6.92 Å². The Morgan fingerprint density at radius 3 is 2.71 bits per heavy atom. The monoisotopic (exact) mass is 290 g/mol. The number of anilines is 1. The van der Waals surface area contributed by atoms with Crippen LogP contribution in [0.5, 0.6) is 0 Å². The molecule has 2 rings (SSSR count). The Balaban J connectivity index is 2.23. The van der Waals surface area contributed by atoms with Crippen molar-refractivity contribution in [1.82, 2.24) is 15.0 Å². The number of nitrogens with zero attached hydrogens (tertiary/aromatic N) is 1. The molecule has 0 spiro atoms. The molecule has 21 heavy (non-hydrogen) atoms.